The van der Waals surface area contributed by atoms with Crippen molar-refractivity contribution in [3.8, 4) is 11.8 Å². The Kier molecular flexibility index (Phi) is 5.23. The molecule has 1 aliphatic heterocycles. The third kappa shape index (κ3) is 3.79. The number of nitrogens with one attached hydrogen (secondary N) is 1. The van der Waals surface area contributed by atoms with E-state index in [0.29, 0.717) is 47.1 Å². The van der Waals surface area contributed by atoms with Gasteiger partial charge in [-0.25, -0.2) is 29.9 Å². The number of aromatic nitrogens is 8. The molecule has 4 atom stereocenters. The molecule has 14 nitrogen and oxygen atoms in total. The van der Waals surface area contributed by atoms with Crippen molar-refractivity contribution in [2.45, 2.75) is 24.5 Å². The summed E-state index contributed by atoms with van der Waals surface area (Å²) in [6.45, 7) is 0.690. The van der Waals surface area contributed by atoms with Crippen molar-refractivity contribution in [1.82, 2.24) is 44.4 Å². The number of aromatic amines is 1. The van der Waals surface area contributed by atoms with Crippen LogP contribution in [0, 0.1) is 11.8 Å². The van der Waals surface area contributed by atoms with Crippen LogP contribution in [0.2, 0.25) is 0 Å². The van der Waals surface area contributed by atoms with Crippen molar-refractivity contribution in [2.75, 3.05) is 31.6 Å². The van der Waals surface area contributed by atoms with Gasteiger partial charge in [-0.15, -0.1) is 0 Å². The number of ether oxygens (including phenoxy) is 1. The zero-order chi connectivity index (χ0) is 23.1. The molecule has 5 heterocycles. The van der Waals surface area contributed by atoms with Gasteiger partial charge in [0.25, 0.3) is 0 Å². The number of nitrogens with zero attached hydrogens (tertiary/aromatic N) is 8. The number of fused-ring (bicyclic) bond motifs is 2. The molecule has 0 spiro atoms. The Morgan fingerprint density at radius 1 is 1.12 bits per heavy atom. The van der Waals surface area contributed by atoms with Gasteiger partial charge in [-0.3, -0.25) is 9.47 Å². The normalized spacial score (nSPS) is 22.8. The number of nitrogens with two attached hydrogens (primary N) is 2. The highest BCUT2D eigenvalue weighted by Crippen LogP contribution is 2.32. The lowest BCUT2D eigenvalue weighted by Crippen LogP contribution is -2.38. The number of hydrogen-bond acceptors (Lipinski definition) is 12. The molecular formula is C19H21N11O3. The Morgan fingerprint density at radius 3 is 2.73 bits per heavy atom. The van der Waals surface area contributed by atoms with Crippen LogP contribution in [0.1, 0.15) is 12.1 Å². The SMILES string of the molecule is CN(CC#Cc1nc2ncnc(N)c2[nH]1)C[C@H]1O[C@@H](n2cnc3c(N)ncnc32)[C@H](O)[C@@H]1O. The molecule has 0 aliphatic carbocycles. The van der Waals surface area contributed by atoms with Crippen LogP contribution in [0.5, 0.6) is 0 Å². The molecule has 1 aliphatic rings. The zero-order valence-corrected chi connectivity index (χ0v) is 17.5. The number of anilines is 2. The van der Waals surface area contributed by atoms with E-state index in [1.54, 1.807) is 0 Å². The standard InChI is InChI=1S/C19H21N11O3/c1-29(4-2-3-10-27-11-15(20)22-6-24-17(11)28-10)5-9-13(31)14(32)19(33-9)30-8-26-12-16(21)23-7-25-18(12)30/h6-9,13-14,19,31-32H,4-5H2,1H3,(H2,21,23,25)(H3,20,22,24,27,28)/t9-,13-,14-,19-/m1/s1. The predicted octanol–water partition coefficient (Wildman–Crippen LogP) is -1.74. The zero-order valence-electron chi connectivity index (χ0n) is 17.5. The van der Waals surface area contributed by atoms with E-state index < -0.39 is 24.5 Å². The van der Waals surface area contributed by atoms with Crippen molar-refractivity contribution >= 4 is 34.0 Å². The fourth-order valence-electron chi connectivity index (χ4n) is 3.70. The highest BCUT2D eigenvalue weighted by molar-refractivity contribution is 5.82. The molecule has 0 saturated carbocycles. The minimum Gasteiger partial charge on any atom is -0.387 e. The quantitative estimate of drug-likeness (QED) is 0.219. The highest BCUT2D eigenvalue weighted by atomic mass is 16.6. The van der Waals surface area contributed by atoms with Crippen LogP contribution < -0.4 is 11.5 Å². The van der Waals surface area contributed by atoms with Crippen molar-refractivity contribution in [3.63, 3.8) is 0 Å². The maximum atomic E-state index is 10.6. The Hall–Kier alpha value is -3.90. The number of H-pyrrole nitrogens is 1. The number of likely N-dealkylation sites (N-methyl/N-ethyl adjacent to an activating group) is 1. The average molecular weight is 451 g/mol. The van der Waals surface area contributed by atoms with E-state index in [0.717, 1.165) is 0 Å². The largest absolute Gasteiger partial charge is 0.387 e. The molecule has 0 unspecified atom stereocenters. The Morgan fingerprint density at radius 2 is 1.91 bits per heavy atom. The first-order valence-electron chi connectivity index (χ1n) is 10.0. The lowest BCUT2D eigenvalue weighted by molar-refractivity contribution is -0.0413. The summed E-state index contributed by atoms with van der Waals surface area (Å²) in [6, 6.07) is 0. The summed E-state index contributed by atoms with van der Waals surface area (Å²) < 4.78 is 7.49. The number of aliphatic hydroxyl groups is 2. The van der Waals surface area contributed by atoms with Gasteiger partial charge in [0.15, 0.2) is 35.0 Å². The van der Waals surface area contributed by atoms with Crippen molar-refractivity contribution in [1.29, 1.82) is 0 Å². The van der Waals surface area contributed by atoms with Gasteiger partial charge in [0.1, 0.15) is 42.0 Å². The average Bonchev–Trinajstić information content (AvgIpc) is 3.47. The summed E-state index contributed by atoms with van der Waals surface area (Å²) in [5, 5.41) is 21.1. The van der Waals surface area contributed by atoms with Crippen LogP contribution in [-0.2, 0) is 4.74 Å². The van der Waals surface area contributed by atoms with Crippen LogP contribution in [0.4, 0.5) is 11.6 Å². The summed E-state index contributed by atoms with van der Waals surface area (Å²) in [4.78, 5) is 29.3. The minimum atomic E-state index is -1.18. The second kappa shape index (κ2) is 8.22. The van der Waals surface area contributed by atoms with Crippen LogP contribution in [-0.4, -0.2) is 93.0 Å². The molecular weight excluding hydrogens is 430 g/mol. The van der Waals surface area contributed by atoms with Crippen LogP contribution in [0.3, 0.4) is 0 Å². The molecule has 170 valence electrons. The molecule has 4 aromatic rings. The molecule has 33 heavy (non-hydrogen) atoms. The van der Waals surface area contributed by atoms with E-state index in [1.165, 1.54) is 23.5 Å². The van der Waals surface area contributed by atoms with E-state index in [1.807, 2.05) is 11.9 Å². The first-order valence-corrected chi connectivity index (χ1v) is 10.0. The topological polar surface area (TPSA) is 203 Å². The monoisotopic (exact) mass is 451 g/mol. The number of imidazole rings is 2. The number of aliphatic hydroxyl groups excluding tert-OH is 2. The Labute approximate surface area is 186 Å². The Balaban J connectivity index is 1.25. The van der Waals surface area contributed by atoms with E-state index >= 15 is 0 Å². The molecule has 4 aromatic heterocycles. The molecule has 0 aromatic carbocycles. The Bertz CT molecular complexity index is 1370. The number of hydrogen-bond donors (Lipinski definition) is 5. The second-order valence-electron chi connectivity index (χ2n) is 7.67. The molecule has 14 heteroatoms. The van der Waals surface area contributed by atoms with Gasteiger partial charge < -0.3 is 31.4 Å². The molecule has 0 amide bonds. The maximum Gasteiger partial charge on any atom is 0.185 e. The van der Waals surface area contributed by atoms with E-state index in [-0.39, 0.29) is 5.82 Å². The fourth-order valence-corrected chi connectivity index (χ4v) is 3.70. The van der Waals surface area contributed by atoms with Gasteiger partial charge >= 0.3 is 0 Å². The summed E-state index contributed by atoms with van der Waals surface area (Å²) in [5.74, 6) is 6.87. The third-order valence-corrected chi connectivity index (χ3v) is 5.36. The highest BCUT2D eigenvalue weighted by Gasteiger charge is 2.44. The first-order chi connectivity index (χ1) is 15.9. The minimum absolute atomic E-state index is 0.223. The first kappa shape index (κ1) is 21.0. The maximum absolute atomic E-state index is 10.6. The van der Waals surface area contributed by atoms with E-state index in [4.69, 9.17) is 16.2 Å². The molecule has 1 saturated heterocycles. The van der Waals surface area contributed by atoms with Gasteiger partial charge in [-0.2, -0.15) is 0 Å². The van der Waals surface area contributed by atoms with Gasteiger partial charge in [0.2, 0.25) is 0 Å². The second-order valence-corrected chi connectivity index (χ2v) is 7.67. The molecule has 7 N–H and O–H groups in total. The van der Waals surface area contributed by atoms with Crippen LogP contribution in [0.15, 0.2) is 19.0 Å². The lowest BCUT2D eigenvalue weighted by Gasteiger charge is -2.20. The fraction of sp³-hybridized carbons (Fsp3) is 0.368. The third-order valence-electron chi connectivity index (χ3n) is 5.36. The van der Waals surface area contributed by atoms with Gasteiger partial charge in [0.05, 0.1) is 12.9 Å². The van der Waals surface area contributed by atoms with Gasteiger partial charge in [0, 0.05) is 6.54 Å². The van der Waals surface area contributed by atoms with Crippen LogP contribution >= 0.6 is 0 Å². The molecule has 0 radical (unpaired) electrons. The summed E-state index contributed by atoms with van der Waals surface area (Å²) in [6.07, 6.45) is 0.288. The van der Waals surface area contributed by atoms with Crippen molar-refractivity contribution in [2.24, 2.45) is 0 Å². The van der Waals surface area contributed by atoms with Gasteiger partial charge in [-0.05, 0) is 13.0 Å². The number of nitrogen functional groups attached to an aromatic ring is 2. The van der Waals surface area contributed by atoms with Gasteiger partial charge in [-0.1, -0.05) is 5.92 Å². The summed E-state index contributed by atoms with van der Waals surface area (Å²) >= 11 is 0. The number of rotatable bonds is 4. The predicted molar refractivity (Wildman–Crippen MR) is 116 cm³/mol. The summed E-state index contributed by atoms with van der Waals surface area (Å²) in [7, 11) is 1.83. The molecule has 1 fully saturated rings. The van der Waals surface area contributed by atoms with Crippen molar-refractivity contribution < 1.29 is 14.9 Å². The van der Waals surface area contributed by atoms with Crippen molar-refractivity contribution in [3.05, 3.63) is 24.8 Å². The lowest BCUT2D eigenvalue weighted by atomic mass is 10.1. The molecule has 5 rings (SSSR count). The van der Waals surface area contributed by atoms with E-state index in [2.05, 4.69) is 46.7 Å². The molecule has 0 bridgehead atoms. The smallest absolute Gasteiger partial charge is 0.185 e. The summed E-state index contributed by atoms with van der Waals surface area (Å²) in [5.41, 5.74) is 13.4. The van der Waals surface area contributed by atoms with Crippen LogP contribution in [0.25, 0.3) is 22.3 Å². The van der Waals surface area contributed by atoms with E-state index in [9.17, 15) is 10.2 Å².